The van der Waals surface area contributed by atoms with Crippen molar-refractivity contribution in [3.05, 3.63) is 97.9 Å². The zero-order chi connectivity index (χ0) is 24.7. The molecule has 0 saturated heterocycles. The summed E-state index contributed by atoms with van der Waals surface area (Å²) in [6.45, 7) is -0.258. The van der Waals surface area contributed by atoms with Crippen molar-refractivity contribution in [3.8, 4) is 5.75 Å². The Morgan fingerprint density at radius 2 is 1.56 bits per heavy atom. The molecule has 34 heavy (non-hydrogen) atoms. The summed E-state index contributed by atoms with van der Waals surface area (Å²) in [5.41, 5.74) is 1.55. The van der Waals surface area contributed by atoms with Gasteiger partial charge in [0.2, 0.25) is 5.91 Å². The Morgan fingerprint density at radius 1 is 0.912 bits per heavy atom. The highest BCUT2D eigenvalue weighted by Crippen LogP contribution is 2.28. The number of rotatable bonds is 9. The van der Waals surface area contributed by atoms with Gasteiger partial charge in [0.1, 0.15) is 11.8 Å². The summed E-state index contributed by atoms with van der Waals surface area (Å²) >= 11 is 24.5. The van der Waals surface area contributed by atoms with Crippen molar-refractivity contribution in [3.63, 3.8) is 0 Å². The summed E-state index contributed by atoms with van der Waals surface area (Å²) < 4.78 is 5.67. The van der Waals surface area contributed by atoms with E-state index in [1.165, 1.54) is 18.0 Å². The van der Waals surface area contributed by atoms with Crippen LogP contribution in [0.4, 0.5) is 0 Å². The molecule has 5 nitrogen and oxygen atoms in total. The van der Waals surface area contributed by atoms with Crippen LogP contribution in [0.2, 0.25) is 20.1 Å². The first kappa shape index (κ1) is 26.2. The number of nitrogens with zero attached hydrogens (tertiary/aromatic N) is 1. The Hall–Kier alpha value is -2.44. The van der Waals surface area contributed by atoms with Crippen molar-refractivity contribution >= 4 is 58.2 Å². The van der Waals surface area contributed by atoms with Gasteiger partial charge in [-0.1, -0.05) is 82.8 Å². The topological polar surface area (TPSA) is 58.6 Å². The molecule has 0 spiro atoms. The summed E-state index contributed by atoms with van der Waals surface area (Å²) in [5, 5.41) is 4.25. The number of halogens is 4. The van der Waals surface area contributed by atoms with Gasteiger partial charge in [0.15, 0.2) is 6.61 Å². The summed E-state index contributed by atoms with van der Waals surface area (Å²) in [7, 11) is 1.53. The molecule has 2 amide bonds. The predicted molar refractivity (Wildman–Crippen MR) is 137 cm³/mol. The number of hydrogen-bond acceptors (Lipinski definition) is 3. The molecule has 1 N–H and O–H groups in total. The van der Waals surface area contributed by atoms with Crippen LogP contribution in [0.25, 0.3) is 0 Å². The average Bonchev–Trinajstić information content (AvgIpc) is 2.82. The quantitative estimate of drug-likeness (QED) is 0.359. The molecule has 3 rings (SSSR count). The molecule has 0 aliphatic heterocycles. The van der Waals surface area contributed by atoms with Crippen molar-refractivity contribution in [2.75, 3.05) is 13.7 Å². The monoisotopic (exact) mass is 538 g/mol. The van der Waals surface area contributed by atoms with Gasteiger partial charge in [-0.25, -0.2) is 0 Å². The Balaban J connectivity index is 1.91. The Bertz CT molecular complexity index is 1160. The molecule has 0 radical (unpaired) electrons. The number of hydrogen-bond donors (Lipinski definition) is 1. The molecule has 3 aromatic rings. The minimum Gasteiger partial charge on any atom is -0.482 e. The van der Waals surface area contributed by atoms with Gasteiger partial charge in [-0.15, -0.1) is 0 Å². The van der Waals surface area contributed by atoms with Gasteiger partial charge in [0.05, 0.1) is 5.02 Å². The highest BCUT2D eigenvalue weighted by Gasteiger charge is 2.30. The predicted octanol–water partition coefficient (Wildman–Crippen LogP) is 6.07. The number of ether oxygens (including phenoxy) is 1. The van der Waals surface area contributed by atoms with Gasteiger partial charge < -0.3 is 15.0 Å². The molecule has 0 aliphatic carbocycles. The van der Waals surface area contributed by atoms with Gasteiger partial charge >= 0.3 is 0 Å². The van der Waals surface area contributed by atoms with Crippen molar-refractivity contribution in [1.82, 2.24) is 10.2 Å². The Morgan fingerprint density at radius 3 is 2.18 bits per heavy atom. The smallest absolute Gasteiger partial charge is 0.261 e. The van der Waals surface area contributed by atoms with E-state index >= 15 is 0 Å². The number of amides is 2. The van der Waals surface area contributed by atoms with Crippen LogP contribution >= 0.6 is 46.4 Å². The summed E-state index contributed by atoms with van der Waals surface area (Å²) in [4.78, 5) is 27.8. The lowest BCUT2D eigenvalue weighted by Gasteiger charge is -2.31. The zero-order valence-electron chi connectivity index (χ0n) is 18.2. The van der Waals surface area contributed by atoms with E-state index in [0.29, 0.717) is 32.8 Å². The lowest BCUT2D eigenvalue weighted by Crippen LogP contribution is -2.51. The van der Waals surface area contributed by atoms with Gasteiger partial charge in [-0.05, 0) is 41.5 Å². The standard InChI is InChI=1S/C25H22Cl4N2O3/c1-30-25(33)22(11-16-5-3-2-4-6-16)31(14-17-7-8-18(26)12-20(17)28)24(32)15-34-23-10-9-19(27)13-21(23)29/h2-10,12-13,22H,11,14-15H2,1H3,(H,30,33). The van der Waals surface area contributed by atoms with E-state index in [4.69, 9.17) is 51.1 Å². The minimum atomic E-state index is -0.809. The minimum absolute atomic E-state index is 0.0808. The van der Waals surface area contributed by atoms with Crippen LogP contribution in [0.15, 0.2) is 66.7 Å². The number of benzene rings is 3. The van der Waals surface area contributed by atoms with E-state index in [2.05, 4.69) is 5.32 Å². The third-order valence-electron chi connectivity index (χ3n) is 5.12. The zero-order valence-corrected chi connectivity index (χ0v) is 21.3. The molecule has 0 saturated carbocycles. The fourth-order valence-electron chi connectivity index (χ4n) is 3.37. The van der Waals surface area contributed by atoms with Crippen LogP contribution in [-0.4, -0.2) is 36.4 Å². The van der Waals surface area contributed by atoms with Crippen molar-refractivity contribution < 1.29 is 14.3 Å². The van der Waals surface area contributed by atoms with Crippen molar-refractivity contribution in [1.29, 1.82) is 0 Å². The first-order chi connectivity index (χ1) is 16.3. The molecule has 0 fully saturated rings. The van der Waals surface area contributed by atoms with E-state index in [9.17, 15) is 9.59 Å². The summed E-state index contributed by atoms with van der Waals surface area (Å²) in [6, 6.07) is 18.4. The maximum atomic E-state index is 13.4. The molecule has 9 heteroatoms. The summed E-state index contributed by atoms with van der Waals surface area (Å²) in [5.74, 6) is -0.420. The summed E-state index contributed by atoms with van der Waals surface area (Å²) in [6.07, 6.45) is 0.305. The highest BCUT2D eigenvalue weighted by atomic mass is 35.5. The molecule has 0 bridgehead atoms. The molecule has 1 atom stereocenters. The number of likely N-dealkylation sites (N-methyl/N-ethyl adjacent to an activating group) is 1. The molecule has 0 aromatic heterocycles. The van der Waals surface area contributed by atoms with Gasteiger partial charge in [0, 0.05) is 35.1 Å². The second kappa shape index (κ2) is 12.3. The highest BCUT2D eigenvalue weighted by molar-refractivity contribution is 6.35. The lowest BCUT2D eigenvalue weighted by molar-refractivity contribution is -0.142. The normalized spacial score (nSPS) is 11.6. The first-order valence-corrected chi connectivity index (χ1v) is 11.9. The van der Waals surface area contributed by atoms with Crippen molar-refractivity contribution in [2.45, 2.75) is 19.0 Å². The van der Waals surface area contributed by atoms with Gasteiger partial charge in [-0.2, -0.15) is 0 Å². The molecular weight excluding hydrogens is 518 g/mol. The van der Waals surface area contributed by atoms with E-state index in [1.807, 2.05) is 30.3 Å². The fraction of sp³-hybridized carbons (Fsp3) is 0.200. The molecule has 0 aliphatic rings. The molecule has 3 aromatic carbocycles. The van der Waals surface area contributed by atoms with Crippen LogP contribution in [0.5, 0.6) is 5.75 Å². The van der Waals surface area contributed by atoms with E-state index < -0.39 is 11.9 Å². The van der Waals surface area contributed by atoms with Crippen LogP contribution in [0, 0.1) is 0 Å². The van der Waals surface area contributed by atoms with Crippen LogP contribution in [0.1, 0.15) is 11.1 Å². The maximum Gasteiger partial charge on any atom is 0.261 e. The third-order valence-corrected chi connectivity index (χ3v) is 6.24. The number of carbonyl (C=O) groups excluding carboxylic acids is 2. The van der Waals surface area contributed by atoms with Crippen LogP contribution in [0.3, 0.4) is 0 Å². The Kier molecular flexibility index (Phi) is 9.48. The molecule has 1 unspecified atom stereocenters. The number of nitrogens with one attached hydrogen (secondary N) is 1. The van der Waals surface area contributed by atoms with Gasteiger partial charge in [0.25, 0.3) is 5.91 Å². The van der Waals surface area contributed by atoms with E-state index in [1.54, 1.807) is 30.3 Å². The van der Waals surface area contributed by atoms with Crippen LogP contribution < -0.4 is 10.1 Å². The first-order valence-electron chi connectivity index (χ1n) is 10.3. The Labute approximate surface area is 218 Å². The third kappa shape index (κ3) is 7.03. The van der Waals surface area contributed by atoms with Gasteiger partial charge in [-0.3, -0.25) is 9.59 Å². The average molecular weight is 540 g/mol. The van der Waals surface area contributed by atoms with Crippen LogP contribution in [-0.2, 0) is 22.6 Å². The van der Waals surface area contributed by atoms with Crippen molar-refractivity contribution in [2.24, 2.45) is 0 Å². The largest absolute Gasteiger partial charge is 0.482 e. The lowest BCUT2D eigenvalue weighted by atomic mass is 10.0. The SMILES string of the molecule is CNC(=O)C(Cc1ccccc1)N(Cc1ccc(Cl)cc1Cl)C(=O)COc1ccc(Cl)cc1Cl. The fourth-order valence-corrected chi connectivity index (χ4v) is 4.30. The second-order valence-corrected chi connectivity index (χ2v) is 9.13. The molecular formula is C25H22Cl4N2O3. The van der Waals surface area contributed by atoms with E-state index in [-0.39, 0.29) is 24.1 Å². The molecule has 178 valence electrons. The van der Waals surface area contributed by atoms with E-state index in [0.717, 1.165) is 5.56 Å². The second-order valence-electron chi connectivity index (χ2n) is 7.44. The number of carbonyl (C=O) groups is 2. The molecule has 0 heterocycles. The maximum absolute atomic E-state index is 13.4.